The first kappa shape index (κ1) is 21.1. The summed E-state index contributed by atoms with van der Waals surface area (Å²) in [5.41, 5.74) is 10.4. The number of fused-ring (bicyclic) bond motifs is 1. The van der Waals surface area contributed by atoms with Gasteiger partial charge in [-0.1, -0.05) is 60.7 Å². The van der Waals surface area contributed by atoms with Crippen LogP contribution in [0.2, 0.25) is 0 Å². The summed E-state index contributed by atoms with van der Waals surface area (Å²) in [4.78, 5) is 26.6. The Morgan fingerprint density at radius 3 is 2.44 bits per heavy atom. The van der Waals surface area contributed by atoms with Crippen LogP contribution in [0.1, 0.15) is 16.1 Å². The number of phenols is 1. The van der Waals surface area contributed by atoms with Crippen LogP contribution in [0.15, 0.2) is 91.1 Å². The van der Waals surface area contributed by atoms with Crippen molar-refractivity contribution in [3.8, 4) is 28.3 Å². The van der Waals surface area contributed by atoms with Crippen LogP contribution in [0.4, 0.5) is 5.82 Å². The Balaban J connectivity index is 1.58. The first-order valence-electron chi connectivity index (χ1n) is 10.7. The third kappa shape index (κ3) is 4.14. The molecular formula is C27H21N5O2. The molecule has 0 radical (unpaired) electrons. The van der Waals surface area contributed by atoms with Gasteiger partial charge in [0.25, 0.3) is 5.91 Å². The number of nitrogens with zero attached hydrogens (tertiary/aromatic N) is 3. The standard InChI is InChI=1S/C27H21N5O2/c28-26-25(27(34)30-16-20-9-4-5-11-22(20)33)31-24(23(32-26)17-7-2-1-3-8-17)19-12-13-21-18(15-19)10-6-14-29-21/h1-15,33H,16H2,(H2,28,32)(H,30,34). The second-order valence-corrected chi connectivity index (χ2v) is 7.74. The van der Waals surface area contributed by atoms with E-state index in [-0.39, 0.29) is 23.8 Å². The Kier molecular flexibility index (Phi) is 5.58. The maximum absolute atomic E-state index is 13.0. The summed E-state index contributed by atoms with van der Waals surface area (Å²) in [5.74, 6) is -0.344. The number of para-hydroxylation sites is 1. The number of pyridine rings is 1. The van der Waals surface area contributed by atoms with E-state index < -0.39 is 5.91 Å². The number of hydrogen-bond acceptors (Lipinski definition) is 6. The van der Waals surface area contributed by atoms with Crippen LogP contribution in [0.3, 0.4) is 0 Å². The molecule has 34 heavy (non-hydrogen) atoms. The molecule has 7 heteroatoms. The van der Waals surface area contributed by atoms with Crippen molar-refractivity contribution >= 4 is 22.6 Å². The summed E-state index contributed by atoms with van der Waals surface area (Å²) in [7, 11) is 0. The zero-order valence-corrected chi connectivity index (χ0v) is 18.1. The lowest BCUT2D eigenvalue weighted by Crippen LogP contribution is -2.26. The molecule has 2 aromatic heterocycles. The number of carbonyl (C=O) groups excluding carboxylic acids is 1. The number of hydrogen-bond donors (Lipinski definition) is 3. The van der Waals surface area contributed by atoms with Gasteiger partial charge in [0.15, 0.2) is 11.5 Å². The topological polar surface area (TPSA) is 114 Å². The number of rotatable bonds is 5. The fourth-order valence-electron chi connectivity index (χ4n) is 3.76. The van der Waals surface area contributed by atoms with Gasteiger partial charge in [-0.15, -0.1) is 0 Å². The minimum Gasteiger partial charge on any atom is -0.508 e. The van der Waals surface area contributed by atoms with Crippen LogP contribution in [0, 0.1) is 0 Å². The van der Waals surface area contributed by atoms with Crippen molar-refractivity contribution in [2.75, 3.05) is 5.73 Å². The Morgan fingerprint density at radius 2 is 1.62 bits per heavy atom. The largest absolute Gasteiger partial charge is 0.508 e. The molecule has 1 amide bonds. The van der Waals surface area contributed by atoms with Gasteiger partial charge < -0.3 is 16.2 Å². The molecule has 0 unspecified atom stereocenters. The summed E-state index contributed by atoms with van der Waals surface area (Å²) < 4.78 is 0. The first-order chi connectivity index (χ1) is 16.6. The van der Waals surface area contributed by atoms with E-state index in [2.05, 4.69) is 20.3 Å². The third-order valence-electron chi connectivity index (χ3n) is 5.49. The summed E-state index contributed by atoms with van der Waals surface area (Å²) in [6.07, 6.45) is 1.74. The SMILES string of the molecule is Nc1nc(-c2ccccc2)c(-c2ccc3ncccc3c2)nc1C(=O)NCc1ccccc1O. The average Bonchev–Trinajstić information content (AvgIpc) is 2.88. The number of aromatic nitrogens is 3. The molecule has 0 aliphatic carbocycles. The van der Waals surface area contributed by atoms with Gasteiger partial charge in [-0.05, 0) is 24.3 Å². The highest BCUT2D eigenvalue weighted by atomic mass is 16.3. The smallest absolute Gasteiger partial charge is 0.274 e. The van der Waals surface area contributed by atoms with Gasteiger partial charge in [0.05, 0.1) is 16.9 Å². The van der Waals surface area contributed by atoms with Crippen LogP contribution in [0.25, 0.3) is 33.4 Å². The van der Waals surface area contributed by atoms with Crippen LogP contribution in [-0.2, 0) is 6.54 Å². The molecule has 0 fully saturated rings. The fraction of sp³-hybridized carbons (Fsp3) is 0.0370. The average molecular weight is 447 g/mol. The Hall–Kier alpha value is -4.78. The van der Waals surface area contributed by atoms with Gasteiger partial charge in [0.1, 0.15) is 5.75 Å². The Morgan fingerprint density at radius 1 is 0.853 bits per heavy atom. The number of aromatic hydroxyl groups is 1. The molecule has 0 atom stereocenters. The van der Waals surface area contributed by atoms with E-state index in [9.17, 15) is 9.90 Å². The molecule has 2 heterocycles. The predicted octanol–water partition coefficient (Wildman–Crippen LogP) is 4.58. The van der Waals surface area contributed by atoms with Crippen LogP contribution < -0.4 is 11.1 Å². The second-order valence-electron chi connectivity index (χ2n) is 7.74. The molecule has 3 aromatic carbocycles. The molecule has 5 rings (SSSR count). The quantitative estimate of drug-likeness (QED) is 0.363. The van der Waals surface area contributed by atoms with Gasteiger partial charge in [-0.3, -0.25) is 9.78 Å². The number of benzene rings is 3. The molecule has 7 nitrogen and oxygen atoms in total. The number of anilines is 1. The number of carbonyl (C=O) groups is 1. The highest BCUT2D eigenvalue weighted by Crippen LogP contribution is 2.32. The van der Waals surface area contributed by atoms with Crippen molar-refractivity contribution in [2.24, 2.45) is 0 Å². The van der Waals surface area contributed by atoms with Gasteiger partial charge in [0, 0.05) is 34.8 Å². The van der Waals surface area contributed by atoms with Crippen LogP contribution in [0.5, 0.6) is 5.75 Å². The lowest BCUT2D eigenvalue weighted by Gasteiger charge is -2.14. The number of nitrogens with two attached hydrogens (primary N) is 1. The number of nitrogen functional groups attached to an aromatic ring is 1. The summed E-state index contributed by atoms with van der Waals surface area (Å²) >= 11 is 0. The van der Waals surface area contributed by atoms with Crippen molar-refractivity contribution in [3.63, 3.8) is 0 Å². The highest BCUT2D eigenvalue weighted by Gasteiger charge is 2.20. The monoisotopic (exact) mass is 447 g/mol. The van der Waals surface area contributed by atoms with Gasteiger partial charge >= 0.3 is 0 Å². The van der Waals surface area contributed by atoms with Crippen LogP contribution >= 0.6 is 0 Å². The van der Waals surface area contributed by atoms with E-state index in [1.165, 1.54) is 0 Å². The number of nitrogens with one attached hydrogen (secondary N) is 1. The normalized spacial score (nSPS) is 10.8. The summed E-state index contributed by atoms with van der Waals surface area (Å²) in [6.45, 7) is 0.129. The number of phenolic OH excluding ortho intramolecular Hbond substituents is 1. The molecule has 0 saturated heterocycles. The summed E-state index contributed by atoms with van der Waals surface area (Å²) in [5, 5.41) is 13.7. The van der Waals surface area contributed by atoms with E-state index in [0.717, 1.165) is 22.0 Å². The Bertz CT molecular complexity index is 1500. The lowest BCUT2D eigenvalue weighted by molar-refractivity contribution is 0.0946. The van der Waals surface area contributed by atoms with Gasteiger partial charge in [-0.25, -0.2) is 9.97 Å². The Labute approximate surface area is 196 Å². The van der Waals surface area contributed by atoms with Crippen molar-refractivity contribution < 1.29 is 9.90 Å². The molecule has 0 bridgehead atoms. The molecular weight excluding hydrogens is 426 g/mol. The zero-order valence-electron chi connectivity index (χ0n) is 18.1. The maximum atomic E-state index is 13.0. The maximum Gasteiger partial charge on any atom is 0.274 e. The predicted molar refractivity (Wildman–Crippen MR) is 132 cm³/mol. The third-order valence-corrected chi connectivity index (χ3v) is 5.49. The van der Waals surface area contributed by atoms with Crippen molar-refractivity contribution in [2.45, 2.75) is 6.54 Å². The second kappa shape index (κ2) is 8.99. The van der Waals surface area contributed by atoms with Crippen molar-refractivity contribution in [1.82, 2.24) is 20.3 Å². The van der Waals surface area contributed by atoms with E-state index in [4.69, 9.17) is 5.73 Å². The molecule has 0 spiro atoms. The lowest BCUT2D eigenvalue weighted by atomic mass is 10.0. The van der Waals surface area contributed by atoms with E-state index >= 15 is 0 Å². The fourth-order valence-corrected chi connectivity index (χ4v) is 3.76. The minimum atomic E-state index is -0.475. The molecule has 0 aliphatic rings. The first-order valence-corrected chi connectivity index (χ1v) is 10.7. The molecule has 5 aromatic rings. The minimum absolute atomic E-state index is 0.0244. The van der Waals surface area contributed by atoms with E-state index in [1.54, 1.807) is 30.5 Å². The van der Waals surface area contributed by atoms with Gasteiger partial charge in [-0.2, -0.15) is 0 Å². The van der Waals surface area contributed by atoms with Crippen molar-refractivity contribution in [1.29, 1.82) is 0 Å². The van der Waals surface area contributed by atoms with E-state index in [0.29, 0.717) is 17.0 Å². The molecule has 0 aliphatic heterocycles. The number of amides is 1. The van der Waals surface area contributed by atoms with E-state index in [1.807, 2.05) is 60.7 Å². The summed E-state index contributed by atoms with van der Waals surface area (Å²) in [6, 6.07) is 26.0. The van der Waals surface area contributed by atoms with Crippen LogP contribution in [-0.4, -0.2) is 26.0 Å². The zero-order chi connectivity index (χ0) is 23.5. The van der Waals surface area contributed by atoms with Crippen molar-refractivity contribution in [3.05, 3.63) is 102 Å². The molecule has 4 N–H and O–H groups in total. The highest BCUT2D eigenvalue weighted by molar-refractivity contribution is 5.98. The van der Waals surface area contributed by atoms with Gasteiger partial charge in [0.2, 0.25) is 0 Å². The molecule has 0 saturated carbocycles. The molecule has 166 valence electrons.